The van der Waals surface area contributed by atoms with Gasteiger partial charge >= 0.3 is 0 Å². The van der Waals surface area contributed by atoms with Crippen molar-refractivity contribution in [3.63, 3.8) is 0 Å². The van der Waals surface area contributed by atoms with Gasteiger partial charge in [-0.2, -0.15) is 0 Å². The van der Waals surface area contributed by atoms with Crippen molar-refractivity contribution in [1.29, 1.82) is 0 Å². The summed E-state index contributed by atoms with van der Waals surface area (Å²) in [5.41, 5.74) is 4.37. The lowest BCUT2D eigenvalue weighted by Gasteiger charge is -2.12. The van der Waals surface area contributed by atoms with E-state index >= 15 is 0 Å². The number of anilines is 1. The molecule has 1 aliphatic rings. The van der Waals surface area contributed by atoms with Crippen molar-refractivity contribution >= 4 is 52.2 Å². The monoisotopic (exact) mass is 506 g/mol. The molecule has 0 bridgehead atoms. The third-order valence-electron chi connectivity index (χ3n) is 5.34. The van der Waals surface area contributed by atoms with Crippen molar-refractivity contribution in [3.05, 3.63) is 98.9 Å². The molecule has 3 aromatic rings. The van der Waals surface area contributed by atoms with E-state index in [0.29, 0.717) is 15.7 Å². The molecule has 6 nitrogen and oxygen atoms in total. The molecule has 1 fully saturated rings. The maximum atomic E-state index is 12.8. The summed E-state index contributed by atoms with van der Waals surface area (Å²) in [6.45, 7) is 3.96. The second-order valence-corrected chi connectivity index (χ2v) is 9.55. The third-order valence-corrected chi connectivity index (χ3v) is 6.50. The fourth-order valence-corrected chi connectivity index (χ4v) is 4.39. The Kier molecular flexibility index (Phi) is 7.58. The zero-order valence-electron chi connectivity index (χ0n) is 19.2. The Morgan fingerprint density at radius 1 is 1.03 bits per heavy atom. The van der Waals surface area contributed by atoms with Crippen LogP contribution in [0.15, 0.2) is 71.6 Å². The smallest absolute Gasteiger partial charge is 0.293 e. The Labute approximate surface area is 212 Å². The van der Waals surface area contributed by atoms with Crippen LogP contribution in [0, 0.1) is 13.8 Å². The van der Waals surface area contributed by atoms with Gasteiger partial charge in [0.1, 0.15) is 5.75 Å². The molecule has 35 heavy (non-hydrogen) atoms. The van der Waals surface area contributed by atoms with Crippen molar-refractivity contribution in [2.24, 2.45) is 0 Å². The van der Waals surface area contributed by atoms with Crippen LogP contribution >= 0.6 is 23.4 Å². The van der Waals surface area contributed by atoms with E-state index in [1.807, 2.05) is 32.0 Å². The number of carbonyl (C=O) groups is 3. The van der Waals surface area contributed by atoms with E-state index in [4.69, 9.17) is 16.3 Å². The lowest BCUT2D eigenvalue weighted by atomic mass is 10.1. The Morgan fingerprint density at radius 2 is 1.74 bits per heavy atom. The molecule has 0 unspecified atom stereocenters. The van der Waals surface area contributed by atoms with Crippen molar-refractivity contribution in [2.75, 3.05) is 11.9 Å². The van der Waals surface area contributed by atoms with Gasteiger partial charge < -0.3 is 10.1 Å². The minimum absolute atomic E-state index is 0.129. The number of benzene rings is 3. The van der Waals surface area contributed by atoms with Crippen LogP contribution in [0.3, 0.4) is 0 Å². The highest BCUT2D eigenvalue weighted by molar-refractivity contribution is 8.18. The zero-order chi connectivity index (χ0) is 24.9. The maximum Gasteiger partial charge on any atom is 0.293 e. The lowest BCUT2D eigenvalue weighted by Crippen LogP contribution is -2.27. The molecule has 1 N–H and O–H groups in total. The first-order chi connectivity index (χ1) is 16.8. The lowest BCUT2D eigenvalue weighted by molar-refractivity contribution is -0.123. The van der Waals surface area contributed by atoms with Crippen LogP contribution in [0.4, 0.5) is 10.5 Å². The van der Waals surface area contributed by atoms with Crippen molar-refractivity contribution in [1.82, 2.24) is 4.90 Å². The van der Waals surface area contributed by atoms with Gasteiger partial charge in [-0.15, -0.1) is 0 Å². The molecule has 0 spiro atoms. The van der Waals surface area contributed by atoms with Gasteiger partial charge in [0.05, 0.1) is 11.4 Å². The first-order valence-corrected chi connectivity index (χ1v) is 12.1. The van der Waals surface area contributed by atoms with Gasteiger partial charge in [0.15, 0.2) is 6.61 Å². The molecule has 0 aliphatic carbocycles. The molecule has 4 rings (SSSR count). The van der Waals surface area contributed by atoms with E-state index < -0.39 is 0 Å². The van der Waals surface area contributed by atoms with Crippen LogP contribution in [0.5, 0.6) is 5.75 Å². The molecule has 1 heterocycles. The van der Waals surface area contributed by atoms with E-state index in [1.165, 1.54) is 4.90 Å². The first-order valence-electron chi connectivity index (χ1n) is 10.9. The molecule has 0 saturated carbocycles. The number of ether oxygens (including phenoxy) is 1. The first kappa shape index (κ1) is 24.6. The quantitative estimate of drug-likeness (QED) is 0.385. The summed E-state index contributed by atoms with van der Waals surface area (Å²) in [7, 11) is 0. The summed E-state index contributed by atoms with van der Waals surface area (Å²) < 4.78 is 5.59. The Balaban J connectivity index is 1.34. The molecule has 8 heteroatoms. The van der Waals surface area contributed by atoms with Gasteiger partial charge in [-0.25, -0.2) is 0 Å². The number of nitrogens with one attached hydrogen (secondary N) is 1. The van der Waals surface area contributed by atoms with Gasteiger partial charge in [0, 0.05) is 10.7 Å². The van der Waals surface area contributed by atoms with E-state index in [0.717, 1.165) is 39.7 Å². The van der Waals surface area contributed by atoms with E-state index in [-0.39, 0.29) is 30.2 Å². The summed E-state index contributed by atoms with van der Waals surface area (Å²) >= 11 is 6.81. The average Bonchev–Trinajstić information content (AvgIpc) is 3.09. The topological polar surface area (TPSA) is 75.7 Å². The molecule has 0 atom stereocenters. The predicted octanol–water partition coefficient (Wildman–Crippen LogP) is 6.21. The number of amides is 3. The SMILES string of the molecule is Cc1ccc(C)c(NC(=O)COc2ccc(/C=C3\SC(=O)N(Cc4ccc(Cl)cc4)C3=O)cc2)c1. The zero-order valence-corrected chi connectivity index (χ0v) is 20.8. The number of hydrogen-bond acceptors (Lipinski definition) is 5. The van der Waals surface area contributed by atoms with Gasteiger partial charge in [0.2, 0.25) is 0 Å². The third kappa shape index (κ3) is 6.32. The number of nitrogens with zero attached hydrogens (tertiary/aromatic N) is 1. The highest BCUT2D eigenvalue weighted by atomic mass is 35.5. The van der Waals surface area contributed by atoms with Crippen LogP contribution in [-0.4, -0.2) is 28.6 Å². The summed E-state index contributed by atoms with van der Waals surface area (Å²) in [5, 5.41) is 3.14. The molecule has 1 aliphatic heterocycles. The number of carbonyl (C=O) groups excluding carboxylic acids is 3. The molecule has 1 saturated heterocycles. The Morgan fingerprint density at radius 3 is 2.46 bits per heavy atom. The predicted molar refractivity (Wildman–Crippen MR) is 139 cm³/mol. The number of thioether (sulfide) groups is 1. The van der Waals surface area contributed by atoms with Gasteiger partial charge in [0.25, 0.3) is 17.1 Å². The molecular formula is C27H23ClN2O4S. The number of hydrogen-bond donors (Lipinski definition) is 1. The second kappa shape index (κ2) is 10.8. The summed E-state index contributed by atoms with van der Waals surface area (Å²) in [5.74, 6) is -0.0652. The molecule has 178 valence electrons. The minimum atomic E-state index is -0.335. The van der Waals surface area contributed by atoms with E-state index in [9.17, 15) is 14.4 Å². The summed E-state index contributed by atoms with van der Waals surface area (Å²) in [6.07, 6.45) is 1.67. The van der Waals surface area contributed by atoms with Crippen LogP contribution < -0.4 is 10.1 Å². The normalized spacial score (nSPS) is 14.5. The van der Waals surface area contributed by atoms with Crippen molar-refractivity contribution in [3.8, 4) is 5.75 Å². The van der Waals surface area contributed by atoms with Crippen molar-refractivity contribution in [2.45, 2.75) is 20.4 Å². The molecule has 0 aromatic heterocycles. The Bertz CT molecular complexity index is 1300. The average molecular weight is 507 g/mol. The van der Waals surface area contributed by atoms with Gasteiger partial charge in [-0.05, 0) is 84.3 Å². The minimum Gasteiger partial charge on any atom is -0.484 e. The van der Waals surface area contributed by atoms with Crippen LogP contribution in [0.2, 0.25) is 5.02 Å². The van der Waals surface area contributed by atoms with Crippen LogP contribution in [0.1, 0.15) is 22.3 Å². The van der Waals surface area contributed by atoms with Crippen LogP contribution in [-0.2, 0) is 16.1 Å². The summed E-state index contributed by atoms with van der Waals surface area (Å²) in [6, 6.07) is 19.9. The van der Waals surface area contributed by atoms with Gasteiger partial charge in [-0.3, -0.25) is 19.3 Å². The molecule has 3 amide bonds. The Hall–Kier alpha value is -3.55. The maximum absolute atomic E-state index is 12.8. The van der Waals surface area contributed by atoms with Crippen molar-refractivity contribution < 1.29 is 19.1 Å². The number of imide groups is 1. The number of rotatable bonds is 7. The van der Waals surface area contributed by atoms with E-state index in [2.05, 4.69) is 5.32 Å². The van der Waals surface area contributed by atoms with Gasteiger partial charge in [-0.1, -0.05) is 48.0 Å². The second-order valence-electron chi connectivity index (χ2n) is 8.12. The largest absolute Gasteiger partial charge is 0.484 e. The summed E-state index contributed by atoms with van der Waals surface area (Å²) in [4.78, 5) is 39.0. The number of aryl methyl sites for hydroxylation is 2. The number of halogens is 1. The molecule has 0 radical (unpaired) electrons. The molecular weight excluding hydrogens is 484 g/mol. The van der Waals surface area contributed by atoms with Crippen LogP contribution in [0.25, 0.3) is 6.08 Å². The van der Waals surface area contributed by atoms with E-state index in [1.54, 1.807) is 54.6 Å². The highest BCUT2D eigenvalue weighted by Crippen LogP contribution is 2.33. The fraction of sp³-hybridized carbons (Fsp3) is 0.148. The highest BCUT2D eigenvalue weighted by Gasteiger charge is 2.34. The fourth-order valence-electron chi connectivity index (χ4n) is 3.43. The standard InChI is InChI=1S/C27H23ClN2O4S/c1-17-3-4-18(2)23(13-17)29-25(31)16-34-22-11-7-19(8-12-22)14-24-26(32)30(27(33)35-24)15-20-5-9-21(28)10-6-20/h3-14H,15-16H2,1-2H3,(H,29,31)/b24-14-. The molecule has 3 aromatic carbocycles.